The van der Waals surface area contributed by atoms with Crippen molar-refractivity contribution >= 4 is 17.7 Å². The summed E-state index contributed by atoms with van der Waals surface area (Å²) in [5.74, 6) is 0.212. The second-order valence-electron chi connectivity index (χ2n) is 3.81. The molecular formula is C13H14N4. The highest BCUT2D eigenvalue weighted by atomic mass is 14.8. The largest absolute Gasteiger partial charge is 0.399 e. The Kier molecular flexibility index (Phi) is 3.05. The lowest BCUT2D eigenvalue weighted by Crippen LogP contribution is -2.00. The van der Waals surface area contributed by atoms with Gasteiger partial charge in [-0.1, -0.05) is 6.07 Å². The van der Waals surface area contributed by atoms with E-state index < -0.39 is 0 Å². The number of hydrogen-bond donors (Lipinski definition) is 3. The minimum atomic E-state index is 0.212. The normalized spacial score (nSPS) is 10.9. The van der Waals surface area contributed by atoms with Crippen LogP contribution in [-0.2, 0) is 0 Å². The summed E-state index contributed by atoms with van der Waals surface area (Å²) in [7, 11) is 0. The van der Waals surface area contributed by atoms with Gasteiger partial charge in [0.2, 0.25) is 0 Å². The van der Waals surface area contributed by atoms with Crippen molar-refractivity contribution in [3.05, 3.63) is 53.3 Å². The van der Waals surface area contributed by atoms with E-state index >= 15 is 0 Å². The molecule has 0 atom stereocenters. The molecule has 0 aliphatic carbocycles. The van der Waals surface area contributed by atoms with E-state index in [9.17, 15) is 0 Å². The molecule has 2 rings (SSSR count). The molecule has 0 unspecified atom stereocenters. The van der Waals surface area contributed by atoms with Crippen molar-refractivity contribution < 1.29 is 0 Å². The third-order valence-corrected chi connectivity index (χ3v) is 2.47. The van der Waals surface area contributed by atoms with Gasteiger partial charge in [-0.15, -0.1) is 0 Å². The van der Waals surface area contributed by atoms with E-state index in [0.29, 0.717) is 5.69 Å². The molecule has 0 fully saturated rings. The van der Waals surface area contributed by atoms with Crippen LogP contribution in [0.15, 0.2) is 41.5 Å². The molecule has 0 aliphatic rings. The minimum absolute atomic E-state index is 0.212. The van der Waals surface area contributed by atoms with Gasteiger partial charge in [-0.05, 0) is 36.8 Å². The van der Waals surface area contributed by atoms with Crippen LogP contribution in [0, 0.1) is 12.3 Å². The van der Waals surface area contributed by atoms with Crippen LogP contribution in [0.3, 0.4) is 0 Å². The lowest BCUT2D eigenvalue weighted by Gasteiger charge is -2.04. The molecule has 1 heterocycles. The van der Waals surface area contributed by atoms with Crippen LogP contribution in [0.4, 0.5) is 5.69 Å². The Bertz CT molecular complexity index is 553. The molecule has 0 saturated carbocycles. The molecule has 1 aromatic carbocycles. The first-order valence-electron chi connectivity index (χ1n) is 5.29. The molecule has 0 aliphatic heterocycles. The number of aromatic nitrogens is 1. The monoisotopic (exact) mass is 226 g/mol. The Morgan fingerprint density at radius 1 is 1.41 bits per heavy atom. The Morgan fingerprint density at radius 2 is 2.24 bits per heavy atom. The molecule has 2 aromatic rings. The summed E-state index contributed by atoms with van der Waals surface area (Å²) in [6.45, 7) is 1.94. The number of aliphatic imine (C=N–C) groups is 1. The minimum Gasteiger partial charge on any atom is -0.399 e. The lowest BCUT2D eigenvalue weighted by molar-refractivity contribution is 1.35. The zero-order valence-electron chi connectivity index (χ0n) is 9.57. The van der Waals surface area contributed by atoms with Gasteiger partial charge >= 0.3 is 0 Å². The van der Waals surface area contributed by atoms with Crippen LogP contribution in [0.5, 0.6) is 0 Å². The number of nitrogens with one attached hydrogen (secondary N) is 2. The van der Waals surface area contributed by atoms with Crippen LogP contribution in [0.25, 0.3) is 0 Å². The third-order valence-electron chi connectivity index (χ3n) is 2.47. The number of aryl methyl sites for hydroxylation is 1. The predicted molar refractivity (Wildman–Crippen MR) is 70.8 cm³/mol. The van der Waals surface area contributed by atoms with Crippen molar-refractivity contribution in [2.45, 2.75) is 6.92 Å². The molecular weight excluding hydrogens is 212 g/mol. The molecule has 0 saturated heterocycles. The van der Waals surface area contributed by atoms with E-state index in [1.807, 2.05) is 37.4 Å². The van der Waals surface area contributed by atoms with Crippen molar-refractivity contribution in [2.75, 3.05) is 5.73 Å². The van der Waals surface area contributed by atoms with Crippen molar-refractivity contribution in [1.29, 1.82) is 5.41 Å². The van der Waals surface area contributed by atoms with Crippen molar-refractivity contribution in [3.63, 3.8) is 0 Å². The average molecular weight is 226 g/mol. The van der Waals surface area contributed by atoms with E-state index in [4.69, 9.17) is 11.1 Å². The first-order chi connectivity index (χ1) is 8.16. The third kappa shape index (κ3) is 2.60. The Hall–Kier alpha value is -2.36. The highest BCUT2D eigenvalue weighted by molar-refractivity contribution is 6.04. The fourth-order valence-electron chi connectivity index (χ4n) is 1.52. The summed E-state index contributed by atoms with van der Waals surface area (Å²) in [5, 5.41) is 7.90. The lowest BCUT2D eigenvalue weighted by atomic mass is 10.1. The highest BCUT2D eigenvalue weighted by Crippen LogP contribution is 2.13. The van der Waals surface area contributed by atoms with Crippen molar-refractivity contribution in [2.24, 2.45) is 4.99 Å². The topological polar surface area (TPSA) is 78.0 Å². The number of H-pyrrole nitrogens is 1. The summed E-state index contributed by atoms with van der Waals surface area (Å²) < 4.78 is 0. The van der Waals surface area contributed by atoms with E-state index in [2.05, 4.69) is 9.98 Å². The summed E-state index contributed by atoms with van der Waals surface area (Å²) in [5.41, 5.74) is 8.97. The number of amidine groups is 1. The van der Waals surface area contributed by atoms with Crippen molar-refractivity contribution in [3.8, 4) is 0 Å². The maximum Gasteiger partial charge on any atom is 0.152 e. The van der Waals surface area contributed by atoms with E-state index in [0.717, 1.165) is 16.8 Å². The summed E-state index contributed by atoms with van der Waals surface area (Å²) in [4.78, 5) is 7.11. The number of rotatable bonds is 2. The van der Waals surface area contributed by atoms with Gasteiger partial charge < -0.3 is 10.7 Å². The van der Waals surface area contributed by atoms with E-state index in [1.165, 1.54) is 0 Å². The number of nitrogens with zero attached hydrogens (tertiary/aromatic N) is 1. The summed E-state index contributed by atoms with van der Waals surface area (Å²) in [6, 6.07) is 9.26. The SMILES string of the molecule is Cc1ccc(N)cc1C(=N)N=Cc1ccc[nH]1. The maximum atomic E-state index is 7.90. The van der Waals surface area contributed by atoms with Gasteiger partial charge in [0, 0.05) is 17.4 Å². The molecule has 1 aromatic heterocycles. The number of anilines is 1. The number of aromatic amines is 1. The van der Waals surface area contributed by atoms with E-state index in [-0.39, 0.29) is 5.84 Å². The number of nitrogens with two attached hydrogens (primary N) is 1. The Balaban J connectivity index is 2.23. The highest BCUT2D eigenvalue weighted by Gasteiger charge is 2.03. The maximum absolute atomic E-state index is 7.90. The van der Waals surface area contributed by atoms with Gasteiger partial charge in [0.25, 0.3) is 0 Å². The molecule has 17 heavy (non-hydrogen) atoms. The van der Waals surface area contributed by atoms with Crippen LogP contribution < -0.4 is 5.73 Å². The van der Waals surface area contributed by atoms with Crippen LogP contribution >= 0.6 is 0 Å². The quantitative estimate of drug-likeness (QED) is 0.410. The fraction of sp³-hybridized carbons (Fsp3) is 0.0769. The number of benzene rings is 1. The fourth-order valence-corrected chi connectivity index (χ4v) is 1.52. The van der Waals surface area contributed by atoms with Crippen LogP contribution in [0.2, 0.25) is 0 Å². The zero-order valence-corrected chi connectivity index (χ0v) is 9.57. The molecule has 0 radical (unpaired) electrons. The first-order valence-corrected chi connectivity index (χ1v) is 5.29. The van der Waals surface area contributed by atoms with Gasteiger partial charge in [-0.2, -0.15) is 0 Å². The Morgan fingerprint density at radius 3 is 2.94 bits per heavy atom. The average Bonchev–Trinajstić information content (AvgIpc) is 2.82. The Labute approximate surface area is 99.7 Å². The van der Waals surface area contributed by atoms with Crippen LogP contribution in [-0.4, -0.2) is 17.0 Å². The molecule has 0 amide bonds. The van der Waals surface area contributed by atoms with Gasteiger partial charge in [0.15, 0.2) is 5.84 Å². The van der Waals surface area contributed by atoms with Gasteiger partial charge in [0.1, 0.15) is 0 Å². The number of hydrogen-bond acceptors (Lipinski definition) is 2. The second-order valence-corrected chi connectivity index (χ2v) is 3.81. The van der Waals surface area contributed by atoms with Gasteiger partial charge in [0.05, 0.1) is 11.9 Å². The molecule has 4 nitrogen and oxygen atoms in total. The first kappa shape index (κ1) is 11.1. The predicted octanol–water partition coefficient (Wildman–Crippen LogP) is 2.35. The van der Waals surface area contributed by atoms with Crippen molar-refractivity contribution in [1.82, 2.24) is 4.98 Å². The molecule has 4 N–H and O–H groups in total. The second kappa shape index (κ2) is 4.65. The number of nitrogen functional groups attached to an aromatic ring is 1. The standard InChI is InChI=1S/C13H14N4/c1-9-4-5-10(14)7-12(9)13(15)17-8-11-3-2-6-16-11/h2-8,15-16H,14H2,1H3. The smallest absolute Gasteiger partial charge is 0.152 e. The molecule has 0 spiro atoms. The zero-order chi connectivity index (χ0) is 12.3. The molecule has 86 valence electrons. The molecule has 4 heteroatoms. The van der Waals surface area contributed by atoms with Gasteiger partial charge in [-0.3, -0.25) is 5.41 Å². The van der Waals surface area contributed by atoms with E-state index in [1.54, 1.807) is 12.3 Å². The summed E-state index contributed by atoms with van der Waals surface area (Å²) in [6.07, 6.45) is 3.45. The summed E-state index contributed by atoms with van der Waals surface area (Å²) >= 11 is 0. The van der Waals surface area contributed by atoms with Crippen LogP contribution in [0.1, 0.15) is 16.8 Å². The van der Waals surface area contributed by atoms with Gasteiger partial charge in [-0.25, -0.2) is 4.99 Å². The molecule has 0 bridgehead atoms.